The normalized spacial score (nSPS) is 14.5. The number of aromatic nitrogens is 4. The molecule has 0 atom stereocenters. The molecule has 0 spiro atoms. The Balaban J connectivity index is 1.36. The number of nitrogens with one attached hydrogen (secondary N) is 1. The van der Waals surface area contributed by atoms with Crippen molar-refractivity contribution in [3.63, 3.8) is 0 Å². The van der Waals surface area contributed by atoms with Gasteiger partial charge in [-0.15, -0.1) is 10.2 Å². The van der Waals surface area contributed by atoms with E-state index in [1.54, 1.807) is 0 Å². The minimum absolute atomic E-state index is 0.0891. The van der Waals surface area contributed by atoms with Crippen LogP contribution in [0.15, 0.2) is 53.6 Å². The van der Waals surface area contributed by atoms with Gasteiger partial charge in [-0.2, -0.15) is 0 Å². The van der Waals surface area contributed by atoms with Crippen LogP contribution in [0.5, 0.6) is 0 Å². The fraction of sp³-hybridized carbons (Fsp3) is 0.400. The summed E-state index contributed by atoms with van der Waals surface area (Å²) in [5.74, 6) is 1.56. The molecule has 1 aliphatic rings. The summed E-state index contributed by atoms with van der Waals surface area (Å²) in [6, 6.07) is 12.9. The maximum atomic E-state index is 12.4. The topological polar surface area (TPSA) is 93.0 Å². The van der Waals surface area contributed by atoms with Gasteiger partial charge < -0.3 is 10.2 Å². The van der Waals surface area contributed by atoms with E-state index >= 15 is 0 Å². The van der Waals surface area contributed by atoms with Crippen molar-refractivity contribution in [2.24, 2.45) is 5.92 Å². The molecule has 1 aromatic carbocycles. The third-order valence-corrected chi connectivity index (χ3v) is 6.03. The van der Waals surface area contributed by atoms with Crippen LogP contribution in [0.1, 0.15) is 45.2 Å². The van der Waals surface area contributed by atoms with Gasteiger partial charge in [-0.05, 0) is 48.9 Å². The zero-order chi connectivity index (χ0) is 23.4. The number of hydrogen-bond acceptors (Lipinski definition) is 6. The molecule has 1 amide bonds. The zero-order valence-electron chi connectivity index (χ0n) is 19.4. The van der Waals surface area contributed by atoms with Crippen LogP contribution in [0.2, 0.25) is 0 Å². The highest BCUT2D eigenvalue weighted by molar-refractivity contribution is 5.90. The molecule has 8 heteroatoms. The molecule has 0 bridgehead atoms. The van der Waals surface area contributed by atoms with Gasteiger partial charge in [0.1, 0.15) is 6.54 Å². The summed E-state index contributed by atoms with van der Waals surface area (Å²) in [5.41, 5.74) is 2.83. The maximum Gasteiger partial charge on any atom is 0.254 e. The lowest BCUT2D eigenvalue weighted by atomic mass is 9.99. The van der Waals surface area contributed by atoms with Gasteiger partial charge in [-0.1, -0.05) is 32.9 Å². The van der Waals surface area contributed by atoms with Gasteiger partial charge in [0.15, 0.2) is 5.82 Å². The average Bonchev–Trinajstić information content (AvgIpc) is 2.81. The number of piperidine rings is 1. The second-order valence-electron chi connectivity index (χ2n) is 9.01. The molecule has 172 valence electrons. The van der Waals surface area contributed by atoms with E-state index in [4.69, 9.17) is 0 Å². The monoisotopic (exact) mass is 446 g/mol. The van der Waals surface area contributed by atoms with Gasteiger partial charge in [0, 0.05) is 30.4 Å². The molecule has 4 rings (SSSR count). The molecular formula is C25H30N6O2. The lowest BCUT2D eigenvalue weighted by molar-refractivity contribution is -0.116. The second-order valence-corrected chi connectivity index (χ2v) is 9.01. The van der Waals surface area contributed by atoms with Crippen molar-refractivity contribution in [1.29, 1.82) is 0 Å². The summed E-state index contributed by atoms with van der Waals surface area (Å²) in [6.07, 6.45) is 3.79. The maximum absolute atomic E-state index is 12.4. The van der Waals surface area contributed by atoms with E-state index in [-0.39, 0.29) is 23.9 Å². The molecule has 2 aromatic heterocycles. The summed E-state index contributed by atoms with van der Waals surface area (Å²) < 4.78 is 1.30. The van der Waals surface area contributed by atoms with Crippen LogP contribution in [-0.2, 0) is 11.3 Å². The number of rotatable bonds is 6. The first-order chi connectivity index (χ1) is 15.9. The Morgan fingerprint density at radius 2 is 1.82 bits per heavy atom. The molecule has 3 heterocycles. The van der Waals surface area contributed by atoms with Crippen LogP contribution in [0, 0.1) is 5.92 Å². The third-order valence-electron chi connectivity index (χ3n) is 6.03. The number of anilines is 2. The zero-order valence-corrected chi connectivity index (χ0v) is 19.4. The van der Waals surface area contributed by atoms with Crippen LogP contribution >= 0.6 is 0 Å². The van der Waals surface area contributed by atoms with Crippen molar-refractivity contribution in [3.8, 4) is 11.3 Å². The van der Waals surface area contributed by atoms with E-state index in [1.165, 1.54) is 29.8 Å². The van der Waals surface area contributed by atoms with E-state index in [0.717, 1.165) is 36.1 Å². The molecule has 1 fully saturated rings. The Kier molecular flexibility index (Phi) is 6.82. The van der Waals surface area contributed by atoms with Crippen LogP contribution in [0.25, 0.3) is 11.3 Å². The van der Waals surface area contributed by atoms with E-state index in [1.807, 2.05) is 50.2 Å². The van der Waals surface area contributed by atoms with Gasteiger partial charge >= 0.3 is 0 Å². The quantitative estimate of drug-likeness (QED) is 0.621. The summed E-state index contributed by atoms with van der Waals surface area (Å²) in [7, 11) is 0. The smallest absolute Gasteiger partial charge is 0.254 e. The predicted molar refractivity (Wildman–Crippen MR) is 129 cm³/mol. The van der Waals surface area contributed by atoms with Crippen molar-refractivity contribution in [2.45, 2.75) is 46.1 Å². The van der Waals surface area contributed by atoms with E-state index in [0.29, 0.717) is 11.4 Å². The first-order valence-corrected chi connectivity index (χ1v) is 11.4. The lowest BCUT2D eigenvalue weighted by Crippen LogP contribution is -2.33. The van der Waals surface area contributed by atoms with Gasteiger partial charge in [0.25, 0.3) is 5.56 Å². The largest absolute Gasteiger partial charge is 0.355 e. The minimum Gasteiger partial charge on any atom is -0.355 e. The molecule has 0 radical (unpaired) electrons. The highest BCUT2D eigenvalue weighted by Gasteiger charge is 2.17. The number of carbonyl (C=O) groups excluding carboxylic acids is 1. The van der Waals surface area contributed by atoms with Gasteiger partial charge in [0.2, 0.25) is 5.91 Å². The average molecular weight is 447 g/mol. The van der Waals surface area contributed by atoms with Crippen LogP contribution in [0.4, 0.5) is 11.5 Å². The Hall–Kier alpha value is -3.55. The standard InChI is InChI=1S/C25H30N6O2/c1-17(2)22-14-25(33)31(16-26-22)15-24(32)27-20-6-4-19(5-7-20)21-8-9-23(29-28-21)30-12-10-18(3)11-13-30/h4-9,14,16-18H,10-13,15H2,1-3H3,(H,27,32). The summed E-state index contributed by atoms with van der Waals surface area (Å²) in [6.45, 7) is 8.18. The number of benzene rings is 1. The van der Waals surface area contributed by atoms with E-state index < -0.39 is 0 Å². The number of amides is 1. The highest BCUT2D eigenvalue weighted by Crippen LogP contribution is 2.24. The first-order valence-electron chi connectivity index (χ1n) is 11.4. The third kappa shape index (κ3) is 5.63. The molecule has 0 unspecified atom stereocenters. The summed E-state index contributed by atoms with van der Waals surface area (Å²) in [4.78, 5) is 31.1. The molecule has 0 saturated carbocycles. The Bertz CT molecular complexity index is 1150. The fourth-order valence-corrected chi connectivity index (χ4v) is 3.84. The van der Waals surface area contributed by atoms with Gasteiger partial charge in [-0.25, -0.2) is 4.98 Å². The summed E-state index contributed by atoms with van der Waals surface area (Å²) in [5, 5.41) is 11.6. The predicted octanol–water partition coefficient (Wildman–Crippen LogP) is 3.70. The van der Waals surface area contributed by atoms with Crippen LogP contribution in [0.3, 0.4) is 0 Å². The van der Waals surface area contributed by atoms with Gasteiger partial charge in [0.05, 0.1) is 17.7 Å². The van der Waals surface area contributed by atoms with Crippen LogP contribution in [-0.4, -0.2) is 38.7 Å². The molecule has 33 heavy (non-hydrogen) atoms. The van der Waals surface area contributed by atoms with E-state index in [9.17, 15) is 9.59 Å². The van der Waals surface area contributed by atoms with Gasteiger partial charge in [-0.3, -0.25) is 14.2 Å². The second kappa shape index (κ2) is 9.94. The molecular weight excluding hydrogens is 416 g/mol. The molecule has 1 aliphatic heterocycles. The van der Waals surface area contributed by atoms with Crippen molar-refractivity contribution >= 4 is 17.4 Å². The van der Waals surface area contributed by atoms with Crippen LogP contribution < -0.4 is 15.8 Å². The molecule has 8 nitrogen and oxygen atoms in total. The Morgan fingerprint density at radius 1 is 1.09 bits per heavy atom. The Labute approximate surface area is 193 Å². The van der Waals surface area contributed by atoms with Crippen molar-refractivity contribution in [2.75, 3.05) is 23.3 Å². The first kappa shape index (κ1) is 22.6. The number of carbonyl (C=O) groups is 1. The van der Waals surface area contributed by atoms with E-state index in [2.05, 4.69) is 32.3 Å². The lowest BCUT2D eigenvalue weighted by Gasteiger charge is -2.30. The number of nitrogens with zero attached hydrogens (tertiary/aromatic N) is 5. The minimum atomic E-state index is -0.288. The van der Waals surface area contributed by atoms with Crippen molar-refractivity contribution < 1.29 is 4.79 Å². The summed E-state index contributed by atoms with van der Waals surface area (Å²) >= 11 is 0. The molecule has 0 aliphatic carbocycles. The Morgan fingerprint density at radius 3 is 2.42 bits per heavy atom. The highest BCUT2D eigenvalue weighted by atomic mass is 16.2. The van der Waals surface area contributed by atoms with Crippen molar-refractivity contribution in [1.82, 2.24) is 19.7 Å². The molecule has 1 saturated heterocycles. The number of hydrogen-bond donors (Lipinski definition) is 1. The van der Waals surface area contributed by atoms with Crippen molar-refractivity contribution in [3.05, 3.63) is 64.8 Å². The fourth-order valence-electron chi connectivity index (χ4n) is 3.84. The molecule has 3 aromatic rings. The molecule has 1 N–H and O–H groups in total. The SMILES string of the molecule is CC1CCN(c2ccc(-c3ccc(NC(=O)Cn4cnc(C(C)C)cc4=O)cc3)nn2)CC1.